The van der Waals surface area contributed by atoms with E-state index >= 15 is 0 Å². The van der Waals surface area contributed by atoms with Gasteiger partial charge in [-0.3, -0.25) is 0 Å². The van der Waals surface area contributed by atoms with Gasteiger partial charge < -0.3 is 16.6 Å². The van der Waals surface area contributed by atoms with E-state index in [1.165, 1.54) is 0 Å². The van der Waals surface area contributed by atoms with E-state index in [9.17, 15) is 0 Å². The Balaban J connectivity index is 2.74. The number of anilines is 2. The Morgan fingerprint density at radius 2 is 2.20 bits per heavy atom. The first-order valence-electron chi connectivity index (χ1n) is 4.64. The number of hydrogen-bond acceptors (Lipinski definition) is 5. The maximum atomic E-state index is 8.92. The van der Waals surface area contributed by atoms with Crippen LogP contribution in [0.5, 0.6) is 0 Å². The second-order valence-corrected chi connectivity index (χ2v) is 3.40. The lowest BCUT2D eigenvalue weighted by Crippen LogP contribution is -2.04. The monoisotopic (exact) mass is 207 g/mol. The summed E-state index contributed by atoms with van der Waals surface area (Å²) < 4.78 is 1.58. The van der Waals surface area contributed by atoms with Crippen LogP contribution in [0.4, 0.5) is 11.5 Å². The van der Waals surface area contributed by atoms with Crippen LogP contribution in [0, 0.1) is 6.92 Å². The fraction of sp³-hybridized carbons (Fsp3) is 0.333. The van der Waals surface area contributed by atoms with Crippen molar-refractivity contribution in [1.29, 1.82) is 0 Å². The lowest BCUT2D eigenvalue weighted by Gasteiger charge is -2.03. The normalized spacial score (nSPS) is 11.1. The molecule has 2 rings (SSSR count). The zero-order valence-corrected chi connectivity index (χ0v) is 8.44. The molecule has 5 N–H and O–H groups in total. The molecule has 0 saturated carbocycles. The van der Waals surface area contributed by atoms with Gasteiger partial charge in [0.1, 0.15) is 5.69 Å². The molecule has 2 aromatic heterocycles. The lowest BCUT2D eigenvalue weighted by atomic mass is 10.2. The number of hydrogen-bond donors (Lipinski definition) is 3. The molecule has 0 saturated heterocycles. The second-order valence-electron chi connectivity index (χ2n) is 3.40. The van der Waals surface area contributed by atoms with Crippen LogP contribution in [0.15, 0.2) is 6.07 Å². The minimum atomic E-state index is 0.0538. The Hall–Kier alpha value is -1.82. The summed E-state index contributed by atoms with van der Waals surface area (Å²) in [6.45, 7) is 1.92. The standard InChI is InChI=1S/C9H13N5O/c1-5-4-6(2-3-15)14-9(12-5)7(10)8(11)13-14/h4,15H,2-3,10H2,1H3,(H2,11,13). The first-order valence-corrected chi connectivity index (χ1v) is 4.64. The molecule has 2 heterocycles. The largest absolute Gasteiger partial charge is 0.396 e. The van der Waals surface area contributed by atoms with Crippen molar-refractivity contribution in [1.82, 2.24) is 14.6 Å². The summed E-state index contributed by atoms with van der Waals surface area (Å²) in [4.78, 5) is 4.25. The van der Waals surface area contributed by atoms with E-state index in [1.54, 1.807) is 4.52 Å². The number of aromatic nitrogens is 3. The zero-order chi connectivity index (χ0) is 11.0. The fourth-order valence-electron chi connectivity index (χ4n) is 1.54. The van der Waals surface area contributed by atoms with E-state index < -0.39 is 0 Å². The molecule has 6 heteroatoms. The highest BCUT2D eigenvalue weighted by Crippen LogP contribution is 2.20. The zero-order valence-electron chi connectivity index (χ0n) is 8.44. The van der Waals surface area contributed by atoms with Crippen LogP contribution in [0.3, 0.4) is 0 Å². The molecule has 0 aromatic carbocycles. The Labute approximate surface area is 86.5 Å². The van der Waals surface area contributed by atoms with Gasteiger partial charge in [0.05, 0.1) is 0 Å². The van der Waals surface area contributed by atoms with E-state index in [0.29, 0.717) is 17.8 Å². The van der Waals surface area contributed by atoms with E-state index in [0.717, 1.165) is 11.4 Å². The van der Waals surface area contributed by atoms with Crippen LogP contribution < -0.4 is 11.5 Å². The van der Waals surface area contributed by atoms with Crippen molar-refractivity contribution in [2.45, 2.75) is 13.3 Å². The molecule has 0 aliphatic rings. The van der Waals surface area contributed by atoms with Gasteiger partial charge in [0.15, 0.2) is 11.5 Å². The smallest absolute Gasteiger partial charge is 0.181 e. The van der Waals surface area contributed by atoms with Crippen molar-refractivity contribution >= 4 is 17.2 Å². The van der Waals surface area contributed by atoms with Gasteiger partial charge in [-0.05, 0) is 13.0 Å². The topological polar surface area (TPSA) is 102 Å². The Morgan fingerprint density at radius 3 is 2.87 bits per heavy atom. The quantitative estimate of drug-likeness (QED) is 0.629. The van der Waals surface area contributed by atoms with Crippen molar-refractivity contribution in [3.63, 3.8) is 0 Å². The molecular weight excluding hydrogens is 194 g/mol. The van der Waals surface area contributed by atoms with Gasteiger partial charge in [-0.1, -0.05) is 0 Å². The van der Waals surface area contributed by atoms with Crippen molar-refractivity contribution in [2.75, 3.05) is 18.1 Å². The highest BCUT2D eigenvalue weighted by Gasteiger charge is 2.11. The third kappa shape index (κ3) is 1.48. The number of nitrogen functional groups attached to an aromatic ring is 2. The van der Waals surface area contributed by atoms with Crippen LogP contribution in [-0.2, 0) is 6.42 Å². The van der Waals surface area contributed by atoms with Gasteiger partial charge in [-0.15, -0.1) is 5.10 Å². The minimum absolute atomic E-state index is 0.0538. The van der Waals surface area contributed by atoms with Crippen LogP contribution >= 0.6 is 0 Å². The Kier molecular flexibility index (Phi) is 2.20. The van der Waals surface area contributed by atoms with Crippen molar-refractivity contribution < 1.29 is 5.11 Å². The molecule has 15 heavy (non-hydrogen) atoms. The summed E-state index contributed by atoms with van der Waals surface area (Å²) >= 11 is 0. The molecule has 0 fully saturated rings. The number of aliphatic hydroxyl groups excluding tert-OH is 1. The Morgan fingerprint density at radius 1 is 1.47 bits per heavy atom. The maximum absolute atomic E-state index is 8.92. The first kappa shape index (κ1) is 9.72. The predicted octanol–water partition coefficient (Wildman–Crippen LogP) is -0.263. The molecule has 0 unspecified atom stereocenters. The summed E-state index contributed by atoms with van der Waals surface area (Å²) in [6, 6.07) is 1.86. The van der Waals surface area contributed by atoms with Gasteiger partial charge >= 0.3 is 0 Å². The van der Waals surface area contributed by atoms with Crippen LogP contribution in [0.25, 0.3) is 5.65 Å². The third-order valence-electron chi connectivity index (χ3n) is 2.22. The summed E-state index contributed by atoms with van der Waals surface area (Å²) in [5.41, 5.74) is 14.0. The average Bonchev–Trinajstić information content (AvgIpc) is 2.46. The lowest BCUT2D eigenvalue weighted by molar-refractivity contribution is 0.297. The predicted molar refractivity (Wildman–Crippen MR) is 57.3 cm³/mol. The van der Waals surface area contributed by atoms with Gasteiger partial charge in [-0.25, -0.2) is 9.50 Å². The van der Waals surface area contributed by atoms with Gasteiger partial charge in [-0.2, -0.15) is 0 Å². The van der Waals surface area contributed by atoms with E-state index in [1.807, 2.05) is 13.0 Å². The van der Waals surface area contributed by atoms with Crippen LogP contribution in [0.1, 0.15) is 11.4 Å². The molecule has 0 radical (unpaired) electrons. The molecule has 0 atom stereocenters. The summed E-state index contributed by atoms with van der Waals surface area (Å²) in [7, 11) is 0. The molecule has 0 aliphatic carbocycles. The van der Waals surface area contributed by atoms with E-state index in [2.05, 4.69) is 10.1 Å². The SMILES string of the molecule is Cc1cc(CCO)n2nc(N)c(N)c2n1. The number of nitrogens with two attached hydrogens (primary N) is 2. The van der Waals surface area contributed by atoms with Crippen molar-refractivity contribution in [3.05, 3.63) is 17.5 Å². The van der Waals surface area contributed by atoms with E-state index in [-0.39, 0.29) is 12.4 Å². The number of nitrogens with zero attached hydrogens (tertiary/aromatic N) is 3. The number of aryl methyl sites for hydroxylation is 1. The third-order valence-corrected chi connectivity index (χ3v) is 2.22. The fourth-order valence-corrected chi connectivity index (χ4v) is 1.54. The highest BCUT2D eigenvalue weighted by atomic mass is 16.3. The molecule has 2 aromatic rings. The average molecular weight is 207 g/mol. The molecule has 0 aliphatic heterocycles. The molecule has 6 nitrogen and oxygen atoms in total. The maximum Gasteiger partial charge on any atom is 0.181 e. The number of rotatable bonds is 2. The first-order chi connectivity index (χ1) is 7.13. The second kappa shape index (κ2) is 3.39. The minimum Gasteiger partial charge on any atom is -0.396 e. The molecular formula is C9H13N5O. The Bertz CT molecular complexity index is 505. The number of aliphatic hydroxyl groups is 1. The molecule has 80 valence electrons. The summed E-state index contributed by atoms with van der Waals surface area (Å²) in [5, 5.41) is 13.0. The van der Waals surface area contributed by atoms with Gasteiger partial charge in [0, 0.05) is 24.4 Å². The van der Waals surface area contributed by atoms with Crippen LogP contribution in [0.2, 0.25) is 0 Å². The molecule has 0 amide bonds. The van der Waals surface area contributed by atoms with Crippen LogP contribution in [-0.4, -0.2) is 26.3 Å². The van der Waals surface area contributed by atoms with Gasteiger partial charge in [0.25, 0.3) is 0 Å². The highest BCUT2D eigenvalue weighted by molar-refractivity contribution is 5.76. The molecule has 0 bridgehead atoms. The summed E-state index contributed by atoms with van der Waals surface area (Å²) in [6.07, 6.45) is 0.500. The van der Waals surface area contributed by atoms with Crippen molar-refractivity contribution in [3.8, 4) is 0 Å². The molecule has 0 spiro atoms. The number of fused-ring (bicyclic) bond motifs is 1. The van der Waals surface area contributed by atoms with Gasteiger partial charge in [0.2, 0.25) is 0 Å². The van der Waals surface area contributed by atoms with E-state index in [4.69, 9.17) is 16.6 Å². The van der Waals surface area contributed by atoms with Crippen molar-refractivity contribution in [2.24, 2.45) is 0 Å². The summed E-state index contributed by atoms with van der Waals surface area (Å²) in [5.74, 6) is 0.271.